The van der Waals surface area contributed by atoms with E-state index in [1.165, 1.54) is 34.2 Å². The van der Waals surface area contributed by atoms with Gasteiger partial charge in [-0.15, -0.1) is 10.2 Å². The van der Waals surface area contributed by atoms with Crippen LogP contribution in [0.1, 0.15) is 37.3 Å². The van der Waals surface area contributed by atoms with Crippen LogP contribution in [-0.2, 0) is 4.79 Å². The van der Waals surface area contributed by atoms with Gasteiger partial charge in [0.15, 0.2) is 4.34 Å². The second kappa shape index (κ2) is 9.71. The van der Waals surface area contributed by atoms with E-state index in [-0.39, 0.29) is 5.91 Å². The first kappa shape index (κ1) is 20.4. The van der Waals surface area contributed by atoms with Gasteiger partial charge < -0.3 is 10.6 Å². The first-order valence-corrected chi connectivity index (χ1v) is 11.0. The summed E-state index contributed by atoms with van der Waals surface area (Å²) in [5.74, 6) is 0.667. The Kier molecular flexibility index (Phi) is 7.06. The molecule has 28 heavy (non-hydrogen) atoms. The van der Waals surface area contributed by atoms with Gasteiger partial charge in [0, 0.05) is 11.4 Å². The molecule has 1 aromatic heterocycles. The lowest BCUT2D eigenvalue weighted by Gasteiger charge is -2.15. The number of thioether (sulfide) groups is 1. The fourth-order valence-electron chi connectivity index (χ4n) is 2.74. The number of hydrogen-bond acceptors (Lipinski definition) is 6. The summed E-state index contributed by atoms with van der Waals surface area (Å²) in [7, 11) is 0. The highest BCUT2D eigenvalue weighted by Crippen LogP contribution is 2.29. The minimum atomic E-state index is -0.0378. The Labute approximate surface area is 174 Å². The Morgan fingerprint density at radius 3 is 2.79 bits per heavy atom. The largest absolute Gasteiger partial charge is 0.330 e. The van der Waals surface area contributed by atoms with E-state index in [4.69, 9.17) is 0 Å². The van der Waals surface area contributed by atoms with Gasteiger partial charge in [-0.05, 0) is 48.6 Å². The van der Waals surface area contributed by atoms with Gasteiger partial charge in [-0.25, -0.2) is 0 Å². The van der Waals surface area contributed by atoms with Crippen LogP contribution in [0.5, 0.6) is 0 Å². The summed E-state index contributed by atoms with van der Waals surface area (Å²) in [6, 6.07) is 16.1. The number of aryl methyl sites for hydroxylation is 1. The first-order chi connectivity index (χ1) is 13.5. The maximum absolute atomic E-state index is 12.4. The lowest BCUT2D eigenvalue weighted by molar-refractivity contribution is -0.113. The highest BCUT2D eigenvalue weighted by atomic mass is 32.2. The molecule has 3 rings (SSSR count). The normalized spacial score (nSPS) is 11.8. The van der Waals surface area contributed by atoms with E-state index < -0.39 is 0 Å². The SMILES string of the molecule is CC[C@@H](C)c1ccccc1NC(=O)CSc1nnc(Nc2cccc(C)c2)s1. The molecular formula is C21H24N4OS2. The number of hydrogen-bond donors (Lipinski definition) is 2. The van der Waals surface area contributed by atoms with Crippen LogP contribution in [0.4, 0.5) is 16.5 Å². The topological polar surface area (TPSA) is 66.9 Å². The molecule has 2 aromatic carbocycles. The molecule has 0 fully saturated rings. The number of amides is 1. The molecule has 0 bridgehead atoms. The molecule has 0 unspecified atom stereocenters. The third-order valence-electron chi connectivity index (χ3n) is 4.38. The van der Waals surface area contributed by atoms with Crippen LogP contribution in [0, 0.1) is 6.92 Å². The van der Waals surface area contributed by atoms with Crippen LogP contribution in [0.25, 0.3) is 0 Å². The number of nitrogens with one attached hydrogen (secondary N) is 2. The number of benzene rings is 2. The zero-order valence-corrected chi connectivity index (χ0v) is 17.9. The van der Waals surface area contributed by atoms with E-state index in [2.05, 4.69) is 46.8 Å². The van der Waals surface area contributed by atoms with E-state index in [9.17, 15) is 4.79 Å². The van der Waals surface area contributed by atoms with Crippen molar-refractivity contribution in [3.05, 3.63) is 59.7 Å². The van der Waals surface area contributed by atoms with E-state index in [1.807, 2.05) is 43.3 Å². The van der Waals surface area contributed by atoms with Crippen LogP contribution in [0.15, 0.2) is 52.9 Å². The molecule has 5 nitrogen and oxygen atoms in total. The summed E-state index contributed by atoms with van der Waals surface area (Å²) < 4.78 is 0.764. The maximum Gasteiger partial charge on any atom is 0.234 e. The predicted octanol–water partition coefficient (Wildman–Crippen LogP) is 5.83. The van der Waals surface area contributed by atoms with Crippen molar-refractivity contribution >= 4 is 45.5 Å². The van der Waals surface area contributed by atoms with Gasteiger partial charge in [0.25, 0.3) is 0 Å². The predicted molar refractivity (Wildman–Crippen MR) is 119 cm³/mol. The fraction of sp³-hybridized carbons (Fsp3) is 0.286. The summed E-state index contributed by atoms with van der Waals surface area (Å²) in [6.07, 6.45) is 1.03. The fourth-order valence-corrected chi connectivity index (χ4v) is 4.31. The molecule has 7 heteroatoms. The molecule has 1 heterocycles. The van der Waals surface area contributed by atoms with Crippen molar-refractivity contribution in [3.8, 4) is 0 Å². The van der Waals surface area contributed by atoms with Gasteiger partial charge in [0.1, 0.15) is 0 Å². The lowest BCUT2D eigenvalue weighted by Crippen LogP contribution is -2.15. The van der Waals surface area contributed by atoms with Crippen LogP contribution < -0.4 is 10.6 Å². The number of carbonyl (C=O) groups is 1. The highest BCUT2D eigenvalue weighted by Gasteiger charge is 2.12. The highest BCUT2D eigenvalue weighted by molar-refractivity contribution is 8.01. The van der Waals surface area contributed by atoms with E-state index in [1.54, 1.807) is 0 Å². The average Bonchev–Trinajstić information content (AvgIpc) is 3.13. The standard InChI is InChI=1S/C21H24N4OS2/c1-4-15(3)17-10-5-6-11-18(17)23-19(26)13-27-21-25-24-20(28-21)22-16-9-7-8-14(2)12-16/h5-12,15H,4,13H2,1-3H3,(H,22,24)(H,23,26)/t15-/m1/s1. The molecule has 2 N–H and O–H groups in total. The molecule has 3 aromatic rings. The summed E-state index contributed by atoms with van der Waals surface area (Å²) in [4.78, 5) is 12.4. The van der Waals surface area contributed by atoms with E-state index >= 15 is 0 Å². The monoisotopic (exact) mass is 412 g/mol. The quantitative estimate of drug-likeness (QED) is 0.455. The van der Waals surface area contributed by atoms with Crippen molar-refractivity contribution in [2.45, 2.75) is 37.4 Å². The Balaban J connectivity index is 1.55. The zero-order valence-electron chi connectivity index (χ0n) is 16.2. The summed E-state index contributed by atoms with van der Waals surface area (Å²) in [6.45, 7) is 6.37. The number of para-hydroxylation sites is 1. The lowest BCUT2D eigenvalue weighted by atomic mass is 9.97. The van der Waals surface area contributed by atoms with Crippen molar-refractivity contribution in [1.82, 2.24) is 10.2 Å². The van der Waals surface area contributed by atoms with Crippen molar-refractivity contribution in [3.63, 3.8) is 0 Å². The second-order valence-corrected chi connectivity index (χ2v) is 8.80. The Morgan fingerprint density at radius 1 is 1.18 bits per heavy atom. The van der Waals surface area contributed by atoms with Gasteiger partial charge >= 0.3 is 0 Å². The van der Waals surface area contributed by atoms with Crippen LogP contribution in [-0.4, -0.2) is 21.9 Å². The average molecular weight is 413 g/mol. The van der Waals surface area contributed by atoms with E-state index in [0.29, 0.717) is 11.7 Å². The van der Waals surface area contributed by atoms with Gasteiger partial charge in [-0.3, -0.25) is 4.79 Å². The Morgan fingerprint density at radius 2 is 2.00 bits per heavy atom. The molecule has 146 valence electrons. The van der Waals surface area contributed by atoms with Crippen molar-refractivity contribution < 1.29 is 4.79 Å². The summed E-state index contributed by atoms with van der Waals surface area (Å²) >= 11 is 2.84. The molecular weight excluding hydrogens is 388 g/mol. The minimum Gasteiger partial charge on any atom is -0.330 e. The summed E-state index contributed by atoms with van der Waals surface area (Å²) in [5.41, 5.74) is 4.22. The molecule has 0 aliphatic heterocycles. The molecule has 1 atom stereocenters. The molecule has 0 aliphatic carbocycles. The number of aromatic nitrogens is 2. The van der Waals surface area contributed by atoms with Gasteiger partial charge in [-0.1, -0.05) is 67.3 Å². The number of carbonyl (C=O) groups excluding carboxylic acids is 1. The minimum absolute atomic E-state index is 0.0378. The molecule has 0 spiro atoms. The van der Waals surface area contributed by atoms with Gasteiger partial charge in [-0.2, -0.15) is 0 Å². The van der Waals surface area contributed by atoms with Crippen LogP contribution >= 0.6 is 23.1 Å². The molecule has 0 radical (unpaired) electrons. The van der Waals surface area contributed by atoms with Crippen LogP contribution in [0.2, 0.25) is 0 Å². The van der Waals surface area contributed by atoms with E-state index in [0.717, 1.165) is 27.3 Å². The number of rotatable bonds is 8. The van der Waals surface area contributed by atoms with Crippen LogP contribution in [0.3, 0.4) is 0 Å². The number of nitrogens with zero attached hydrogens (tertiary/aromatic N) is 2. The third-order valence-corrected chi connectivity index (χ3v) is 6.35. The maximum atomic E-state index is 12.4. The van der Waals surface area contributed by atoms with Crippen molar-refractivity contribution in [2.75, 3.05) is 16.4 Å². The summed E-state index contributed by atoms with van der Waals surface area (Å²) in [5, 5.41) is 15.3. The van der Waals surface area contributed by atoms with Gasteiger partial charge in [0.2, 0.25) is 11.0 Å². The van der Waals surface area contributed by atoms with Gasteiger partial charge in [0.05, 0.1) is 5.75 Å². The van der Waals surface area contributed by atoms with Crippen molar-refractivity contribution in [2.24, 2.45) is 0 Å². The third kappa shape index (κ3) is 5.56. The molecule has 0 aliphatic rings. The smallest absolute Gasteiger partial charge is 0.234 e. The Bertz CT molecular complexity index is 941. The van der Waals surface area contributed by atoms with Crippen molar-refractivity contribution in [1.29, 1.82) is 0 Å². The zero-order chi connectivity index (χ0) is 19.9. The first-order valence-electron chi connectivity index (χ1n) is 9.24. The molecule has 0 saturated heterocycles. The molecule has 0 saturated carbocycles. The number of anilines is 3. The second-order valence-electron chi connectivity index (χ2n) is 6.60. The Hall–Kier alpha value is -2.38. The molecule has 1 amide bonds.